The SMILES string of the molecule is CCCCCCC(C)OCc1ccc(CN)cc1C. The van der Waals surface area contributed by atoms with Gasteiger partial charge in [-0.05, 0) is 37.0 Å². The smallest absolute Gasteiger partial charge is 0.0723 e. The van der Waals surface area contributed by atoms with Crippen molar-refractivity contribution in [3.63, 3.8) is 0 Å². The second kappa shape index (κ2) is 9.11. The van der Waals surface area contributed by atoms with Crippen LogP contribution in [-0.2, 0) is 17.9 Å². The zero-order valence-electron chi connectivity index (χ0n) is 12.7. The van der Waals surface area contributed by atoms with Crippen LogP contribution in [0.3, 0.4) is 0 Å². The average Bonchev–Trinajstić information content (AvgIpc) is 2.42. The number of hydrogen-bond acceptors (Lipinski definition) is 2. The Balaban J connectivity index is 2.31. The zero-order chi connectivity index (χ0) is 14.1. The Labute approximate surface area is 118 Å². The van der Waals surface area contributed by atoms with E-state index in [0.717, 1.165) is 0 Å². The van der Waals surface area contributed by atoms with Crippen molar-refractivity contribution in [1.82, 2.24) is 0 Å². The van der Waals surface area contributed by atoms with E-state index in [-0.39, 0.29) is 0 Å². The van der Waals surface area contributed by atoms with Crippen LogP contribution in [0.4, 0.5) is 0 Å². The van der Waals surface area contributed by atoms with E-state index in [2.05, 4.69) is 39.0 Å². The van der Waals surface area contributed by atoms with E-state index in [4.69, 9.17) is 10.5 Å². The van der Waals surface area contributed by atoms with Crippen molar-refractivity contribution in [2.45, 2.75) is 72.1 Å². The lowest BCUT2D eigenvalue weighted by Crippen LogP contribution is -2.09. The predicted molar refractivity (Wildman–Crippen MR) is 82.1 cm³/mol. The normalized spacial score (nSPS) is 12.6. The lowest BCUT2D eigenvalue weighted by molar-refractivity contribution is 0.0456. The first-order valence-electron chi connectivity index (χ1n) is 7.57. The number of hydrogen-bond donors (Lipinski definition) is 1. The molecule has 1 rings (SSSR count). The lowest BCUT2D eigenvalue weighted by Gasteiger charge is -2.14. The standard InChI is InChI=1S/C17H29NO/c1-4-5-6-7-8-15(3)19-13-17-10-9-16(12-18)11-14(17)2/h9-11,15H,4-8,12-13,18H2,1-3H3. The Morgan fingerprint density at radius 3 is 2.63 bits per heavy atom. The topological polar surface area (TPSA) is 35.2 Å². The van der Waals surface area contributed by atoms with Crippen LogP contribution >= 0.6 is 0 Å². The Morgan fingerprint density at radius 1 is 1.21 bits per heavy atom. The predicted octanol–water partition coefficient (Wildman–Crippen LogP) is 4.33. The Morgan fingerprint density at radius 2 is 2.00 bits per heavy atom. The summed E-state index contributed by atoms with van der Waals surface area (Å²) in [5, 5.41) is 0. The minimum atomic E-state index is 0.352. The Bertz CT molecular complexity index is 362. The van der Waals surface area contributed by atoms with Crippen molar-refractivity contribution >= 4 is 0 Å². The number of nitrogens with two attached hydrogens (primary N) is 1. The summed E-state index contributed by atoms with van der Waals surface area (Å²) in [6.45, 7) is 7.87. The molecule has 1 aromatic carbocycles. The largest absolute Gasteiger partial charge is 0.374 e. The van der Waals surface area contributed by atoms with Gasteiger partial charge in [-0.1, -0.05) is 50.8 Å². The second-order valence-corrected chi connectivity index (χ2v) is 5.44. The zero-order valence-corrected chi connectivity index (χ0v) is 12.7. The van der Waals surface area contributed by atoms with Crippen LogP contribution < -0.4 is 5.73 Å². The molecular weight excluding hydrogens is 234 g/mol. The van der Waals surface area contributed by atoms with Gasteiger partial charge in [-0.15, -0.1) is 0 Å². The highest BCUT2D eigenvalue weighted by Gasteiger charge is 2.05. The summed E-state index contributed by atoms with van der Waals surface area (Å²) < 4.78 is 5.93. The van der Waals surface area contributed by atoms with Crippen LogP contribution in [0, 0.1) is 6.92 Å². The molecular formula is C17H29NO. The molecule has 108 valence electrons. The highest BCUT2D eigenvalue weighted by molar-refractivity contribution is 5.30. The number of ether oxygens (including phenoxy) is 1. The van der Waals surface area contributed by atoms with Crippen molar-refractivity contribution in [3.05, 3.63) is 34.9 Å². The lowest BCUT2D eigenvalue weighted by atomic mass is 10.1. The van der Waals surface area contributed by atoms with E-state index in [1.54, 1.807) is 0 Å². The monoisotopic (exact) mass is 263 g/mol. The first kappa shape index (κ1) is 16.2. The molecule has 1 atom stereocenters. The summed E-state index contributed by atoms with van der Waals surface area (Å²) in [6, 6.07) is 6.39. The van der Waals surface area contributed by atoms with Gasteiger partial charge in [0.15, 0.2) is 0 Å². The number of benzene rings is 1. The molecule has 0 aliphatic heterocycles. The van der Waals surface area contributed by atoms with Crippen LogP contribution in [0.15, 0.2) is 18.2 Å². The van der Waals surface area contributed by atoms with Gasteiger partial charge in [0, 0.05) is 6.54 Å². The summed E-state index contributed by atoms with van der Waals surface area (Å²) in [6.07, 6.45) is 6.76. The summed E-state index contributed by atoms with van der Waals surface area (Å²) in [5.41, 5.74) is 9.38. The van der Waals surface area contributed by atoms with Crippen molar-refractivity contribution in [1.29, 1.82) is 0 Å². The van der Waals surface area contributed by atoms with E-state index in [1.165, 1.54) is 48.8 Å². The van der Waals surface area contributed by atoms with Gasteiger partial charge in [0.25, 0.3) is 0 Å². The fourth-order valence-corrected chi connectivity index (χ4v) is 2.22. The number of aryl methyl sites for hydroxylation is 1. The summed E-state index contributed by atoms with van der Waals surface area (Å²) in [7, 11) is 0. The minimum Gasteiger partial charge on any atom is -0.374 e. The van der Waals surface area contributed by atoms with Gasteiger partial charge in [-0.3, -0.25) is 0 Å². The van der Waals surface area contributed by atoms with Gasteiger partial charge in [-0.25, -0.2) is 0 Å². The maximum absolute atomic E-state index is 5.93. The average molecular weight is 263 g/mol. The Hall–Kier alpha value is -0.860. The first-order valence-corrected chi connectivity index (χ1v) is 7.57. The van der Waals surface area contributed by atoms with E-state index in [1.807, 2.05) is 0 Å². The fraction of sp³-hybridized carbons (Fsp3) is 0.647. The van der Waals surface area contributed by atoms with E-state index >= 15 is 0 Å². The maximum atomic E-state index is 5.93. The van der Waals surface area contributed by atoms with Crippen molar-refractivity contribution in [2.75, 3.05) is 0 Å². The third kappa shape index (κ3) is 6.22. The molecule has 0 saturated carbocycles. The second-order valence-electron chi connectivity index (χ2n) is 5.44. The van der Waals surface area contributed by atoms with Gasteiger partial charge >= 0.3 is 0 Å². The van der Waals surface area contributed by atoms with Gasteiger partial charge in [-0.2, -0.15) is 0 Å². The molecule has 0 heterocycles. The fourth-order valence-electron chi connectivity index (χ4n) is 2.22. The molecule has 1 unspecified atom stereocenters. The minimum absolute atomic E-state index is 0.352. The van der Waals surface area contributed by atoms with E-state index in [0.29, 0.717) is 19.3 Å². The van der Waals surface area contributed by atoms with Crippen molar-refractivity contribution < 1.29 is 4.74 Å². The van der Waals surface area contributed by atoms with Gasteiger partial charge < -0.3 is 10.5 Å². The molecule has 2 N–H and O–H groups in total. The molecule has 1 aromatic rings. The first-order chi connectivity index (χ1) is 9.17. The van der Waals surface area contributed by atoms with E-state index in [9.17, 15) is 0 Å². The highest BCUT2D eigenvalue weighted by Crippen LogP contribution is 2.15. The molecule has 2 nitrogen and oxygen atoms in total. The molecule has 0 saturated heterocycles. The summed E-state index contributed by atoms with van der Waals surface area (Å²) in [4.78, 5) is 0. The van der Waals surface area contributed by atoms with Crippen LogP contribution in [0.1, 0.15) is 62.6 Å². The molecule has 0 bridgehead atoms. The van der Waals surface area contributed by atoms with Crippen molar-refractivity contribution in [3.8, 4) is 0 Å². The summed E-state index contributed by atoms with van der Waals surface area (Å²) >= 11 is 0. The molecule has 0 spiro atoms. The Kier molecular flexibility index (Phi) is 7.76. The maximum Gasteiger partial charge on any atom is 0.0723 e. The van der Waals surface area contributed by atoms with Gasteiger partial charge in [0.1, 0.15) is 0 Å². The molecule has 0 aliphatic rings. The third-order valence-corrected chi connectivity index (χ3v) is 3.63. The van der Waals surface area contributed by atoms with Crippen molar-refractivity contribution in [2.24, 2.45) is 5.73 Å². The van der Waals surface area contributed by atoms with Gasteiger partial charge in [0.05, 0.1) is 12.7 Å². The molecule has 0 radical (unpaired) electrons. The molecule has 0 amide bonds. The summed E-state index contributed by atoms with van der Waals surface area (Å²) in [5.74, 6) is 0. The third-order valence-electron chi connectivity index (χ3n) is 3.63. The van der Waals surface area contributed by atoms with Crippen LogP contribution in [-0.4, -0.2) is 6.10 Å². The van der Waals surface area contributed by atoms with Crippen LogP contribution in [0.5, 0.6) is 0 Å². The highest BCUT2D eigenvalue weighted by atomic mass is 16.5. The molecule has 0 fully saturated rings. The van der Waals surface area contributed by atoms with Crippen LogP contribution in [0.25, 0.3) is 0 Å². The van der Waals surface area contributed by atoms with E-state index < -0.39 is 0 Å². The molecule has 2 heteroatoms. The van der Waals surface area contributed by atoms with Gasteiger partial charge in [0.2, 0.25) is 0 Å². The molecule has 0 aromatic heterocycles. The molecule has 19 heavy (non-hydrogen) atoms. The van der Waals surface area contributed by atoms with Crippen LogP contribution in [0.2, 0.25) is 0 Å². The molecule has 0 aliphatic carbocycles. The number of unbranched alkanes of at least 4 members (excludes halogenated alkanes) is 3. The number of rotatable bonds is 9. The quantitative estimate of drug-likeness (QED) is 0.673.